The molecule has 134 valence electrons. The Kier molecular flexibility index (Phi) is 5.82. The largest absolute Gasteiger partial charge is 0.481 e. The second kappa shape index (κ2) is 7.65. The lowest BCUT2D eigenvalue weighted by molar-refractivity contribution is -0.149. The number of carboxylic acids is 1. The summed E-state index contributed by atoms with van der Waals surface area (Å²) in [5.74, 6) is -0.106. The first-order chi connectivity index (χ1) is 11.4. The molecular weight excluding hydrogens is 324 g/mol. The number of halogens is 2. The fraction of sp³-hybridized carbons (Fsp3) is 0.562. The fourth-order valence-corrected chi connectivity index (χ4v) is 2.62. The van der Waals surface area contributed by atoms with Crippen molar-refractivity contribution in [3.63, 3.8) is 0 Å². The van der Waals surface area contributed by atoms with Gasteiger partial charge in [-0.05, 0) is 18.9 Å². The summed E-state index contributed by atoms with van der Waals surface area (Å²) in [5.41, 5.74) is -0.439. The van der Waals surface area contributed by atoms with Crippen LogP contribution in [-0.2, 0) is 11.3 Å². The highest BCUT2D eigenvalue weighted by atomic mass is 19.3. The van der Waals surface area contributed by atoms with E-state index in [9.17, 15) is 18.7 Å². The standard InChI is InChI=1S/C16H21F2NO5/c1-3-16(4-2,14(20)21)8-19-7-10-5-12-13(23-9-22-12)6-11(10)24-15(17)18/h5-6,15,19H,3-4,7-9H2,1-2H3,(H,20,21). The number of carbonyl (C=O) groups is 1. The molecule has 0 atom stereocenters. The van der Waals surface area contributed by atoms with Crippen molar-refractivity contribution >= 4 is 5.97 Å². The monoisotopic (exact) mass is 345 g/mol. The molecule has 2 N–H and O–H groups in total. The molecule has 0 aliphatic carbocycles. The van der Waals surface area contributed by atoms with Gasteiger partial charge in [-0.1, -0.05) is 13.8 Å². The maximum atomic E-state index is 12.6. The van der Waals surface area contributed by atoms with Crippen LogP contribution in [-0.4, -0.2) is 31.0 Å². The van der Waals surface area contributed by atoms with E-state index in [0.29, 0.717) is 29.9 Å². The Balaban J connectivity index is 2.12. The zero-order chi connectivity index (χ0) is 17.7. The van der Waals surface area contributed by atoms with Gasteiger partial charge in [0.2, 0.25) is 6.79 Å². The molecule has 1 heterocycles. The minimum absolute atomic E-state index is 0.0179. The first-order valence-corrected chi connectivity index (χ1v) is 7.73. The molecule has 0 amide bonds. The van der Waals surface area contributed by atoms with Gasteiger partial charge in [0.25, 0.3) is 0 Å². The molecule has 1 aromatic rings. The van der Waals surface area contributed by atoms with Crippen molar-refractivity contribution < 1.29 is 32.9 Å². The second-order valence-electron chi connectivity index (χ2n) is 5.59. The summed E-state index contributed by atoms with van der Waals surface area (Å²) >= 11 is 0. The molecule has 0 bridgehead atoms. The number of carboxylic acid groups (broad SMARTS) is 1. The number of alkyl halides is 2. The number of benzene rings is 1. The van der Waals surface area contributed by atoms with Crippen LogP contribution < -0.4 is 19.5 Å². The quantitative estimate of drug-likeness (QED) is 0.716. The molecule has 0 unspecified atom stereocenters. The molecule has 2 rings (SSSR count). The Morgan fingerprint density at radius 1 is 1.33 bits per heavy atom. The minimum atomic E-state index is -2.96. The molecule has 0 saturated heterocycles. The highest BCUT2D eigenvalue weighted by Crippen LogP contribution is 2.38. The Morgan fingerprint density at radius 3 is 2.50 bits per heavy atom. The Bertz CT molecular complexity index is 590. The summed E-state index contributed by atoms with van der Waals surface area (Å²) in [4.78, 5) is 11.5. The zero-order valence-electron chi connectivity index (χ0n) is 13.6. The lowest BCUT2D eigenvalue weighted by Crippen LogP contribution is -2.40. The van der Waals surface area contributed by atoms with E-state index in [1.807, 2.05) is 13.8 Å². The summed E-state index contributed by atoms with van der Waals surface area (Å²) in [7, 11) is 0. The molecule has 0 aromatic heterocycles. The predicted octanol–water partition coefficient (Wildman–Crippen LogP) is 3.00. The molecule has 8 heteroatoms. The fourth-order valence-electron chi connectivity index (χ4n) is 2.62. The van der Waals surface area contributed by atoms with E-state index in [2.05, 4.69) is 10.1 Å². The molecule has 0 fully saturated rings. The van der Waals surface area contributed by atoms with Crippen LogP contribution in [0.15, 0.2) is 12.1 Å². The van der Waals surface area contributed by atoms with Crippen LogP contribution in [0.25, 0.3) is 0 Å². The van der Waals surface area contributed by atoms with Crippen molar-refractivity contribution in [2.24, 2.45) is 5.41 Å². The average Bonchev–Trinajstić information content (AvgIpc) is 2.98. The van der Waals surface area contributed by atoms with Crippen LogP contribution >= 0.6 is 0 Å². The first-order valence-electron chi connectivity index (χ1n) is 7.73. The molecular formula is C16H21F2NO5. The van der Waals surface area contributed by atoms with Gasteiger partial charge >= 0.3 is 12.6 Å². The van der Waals surface area contributed by atoms with E-state index < -0.39 is 18.0 Å². The van der Waals surface area contributed by atoms with Crippen LogP contribution in [0.3, 0.4) is 0 Å². The van der Waals surface area contributed by atoms with Crippen LogP contribution in [0, 0.1) is 5.41 Å². The number of fused-ring (bicyclic) bond motifs is 1. The summed E-state index contributed by atoms with van der Waals surface area (Å²) in [5, 5.41) is 12.4. The van der Waals surface area contributed by atoms with Gasteiger partial charge < -0.3 is 24.6 Å². The number of rotatable bonds is 9. The number of hydrogen-bond acceptors (Lipinski definition) is 5. The molecule has 1 aliphatic rings. The van der Waals surface area contributed by atoms with E-state index >= 15 is 0 Å². The second-order valence-corrected chi connectivity index (χ2v) is 5.59. The normalized spacial score (nSPS) is 13.4. The van der Waals surface area contributed by atoms with Gasteiger partial charge in [0.15, 0.2) is 11.5 Å². The average molecular weight is 345 g/mol. The summed E-state index contributed by atoms with van der Waals surface area (Å²) < 4.78 is 40.1. The zero-order valence-corrected chi connectivity index (χ0v) is 13.6. The molecule has 24 heavy (non-hydrogen) atoms. The Labute approximate surface area is 138 Å². The Hall–Kier alpha value is -2.09. The van der Waals surface area contributed by atoms with Crippen molar-refractivity contribution in [3.05, 3.63) is 17.7 Å². The molecule has 1 aliphatic heterocycles. The van der Waals surface area contributed by atoms with E-state index in [-0.39, 0.29) is 25.6 Å². The predicted molar refractivity (Wildman–Crippen MR) is 81.6 cm³/mol. The van der Waals surface area contributed by atoms with Gasteiger partial charge in [-0.2, -0.15) is 8.78 Å². The van der Waals surface area contributed by atoms with Gasteiger partial charge in [0, 0.05) is 24.7 Å². The smallest absolute Gasteiger partial charge is 0.387 e. The van der Waals surface area contributed by atoms with Gasteiger partial charge in [0.05, 0.1) is 5.41 Å². The van der Waals surface area contributed by atoms with Crippen LogP contribution in [0.4, 0.5) is 8.78 Å². The topological polar surface area (TPSA) is 77.0 Å². The van der Waals surface area contributed by atoms with Crippen molar-refractivity contribution in [1.29, 1.82) is 0 Å². The first kappa shape index (κ1) is 18.3. The van der Waals surface area contributed by atoms with Crippen molar-refractivity contribution in [1.82, 2.24) is 5.32 Å². The van der Waals surface area contributed by atoms with Gasteiger partial charge in [-0.3, -0.25) is 4.79 Å². The molecule has 0 saturated carbocycles. The highest BCUT2D eigenvalue weighted by Gasteiger charge is 2.34. The number of aliphatic carboxylic acids is 1. The van der Waals surface area contributed by atoms with Gasteiger partial charge in [0.1, 0.15) is 5.75 Å². The molecule has 0 spiro atoms. The summed E-state index contributed by atoms with van der Waals surface area (Å²) in [6, 6.07) is 2.92. The third-order valence-corrected chi connectivity index (χ3v) is 4.36. The third kappa shape index (κ3) is 3.87. The van der Waals surface area contributed by atoms with Gasteiger partial charge in [-0.15, -0.1) is 0 Å². The number of ether oxygens (including phenoxy) is 3. The third-order valence-electron chi connectivity index (χ3n) is 4.36. The van der Waals surface area contributed by atoms with Crippen molar-refractivity contribution in [2.75, 3.05) is 13.3 Å². The van der Waals surface area contributed by atoms with E-state index in [1.165, 1.54) is 6.07 Å². The van der Waals surface area contributed by atoms with E-state index in [1.54, 1.807) is 6.07 Å². The molecule has 0 radical (unpaired) electrons. The van der Waals surface area contributed by atoms with Crippen molar-refractivity contribution in [2.45, 2.75) is 39.8 Å². The lowest BCUT2D eigenvalue weighted by Gasteiger charge is -2.27. The van der Waals surface area contributed by atoms with Crippen molar-refractivity contribution in [3.8, 4) is 17.2 Å². The molecule has 1 aromatic carbocycles. The van der Waals surface area contributed by atoms with Gasteiger partial charge in [-0.25, -0.2) is 0 Å². The van der Waals surface area contributed by atoms with E-state index in [0.717, 1.165) is 0 Å². The number of hydrogen-bond donors (Lipinski definition) is 2. The Morgan fingerprint density at radius 2 is 1.96 bits per heavy atom. The van der Waals surface area contributed by atoms with Crippen LogP contribution in [0.2, 0.25) is 0 Å². The SMILES string of the molecule is CCC(CC)(CNCc1cc2c(cc1OC(F)F)OCO2)C(=O)O. The van der Waals surface area contributed by atoms with Crippen LogP contribution in [0.5, 0.6) is 17.2 Å². The maximum absolute atomic E-state index is 12.6. The highest BCUT2D eigenvalue weighted by molar-refractivity contribution is 5.74. The lowest BCUT2D eigenvalue weighted by atomic mass is 9.82. The summed E-state index contributed by atoms with van der Waals surface area (Å²) in [6.45, 7) is 1.07. The maximum Gasteiger partial charge on any atom is 0.387 e. The molecule has 6 nitrogen and oxygen atoms in total. The minimum Gasteiger partial charge on any atom is -0.481 e. The number of nitrogens with one attached hydrogen (secondary N) is 1. The van der Waals surface area contributed by atoms with Crippen LogP contribution in [0.1, 0.15) is 32.3 Å². The van der Waals surface area contributed by atoms with E-state index in [4.69, 9.17) is 9.47 Å². The summed E-state index contributed by atoms with van der Waals surface area (Å²) in [6.07, 6.45) is 0.931.